The van der Waals surface area contributed by atoms with Gasteiger partial charge in [-0.15, -0.1) is 0 Å². The van der Waals surface area contributed by atoms with E-state index in [1.807, 2.05) is 0 Å². The first-order chi connectivity index (χ1) is 6.66. The number of nitrogens with zero attached hydrogens (tertiary/aromatic N) is 3. The number of aromatic nitrogens is 2. The monoisotopic (exact) mass is 195 g/mol. The van der Waals surface area contributed by atoms with Crippen molar-refractivity contribution < 1.29 is 15.0 Å². The lowest BCUT2D eigenvalue weighted by atomic mass is 10.2. The van der Waals surface area contributed by atoms with E-state index in [2.05, 4.69) is 9.97 Å². The van der Waals surface area contributed by atoms with Crippen molar-refractivity contribution in [2.24, 2.45) is 0 Å². The highest BCUT2D eigenvalue weighted by molar-refractivity contribution is 5.86. The lowest BCUT2D eigenvalue weighted by molar-refractivity contribution is 0.0690. The summed E-state index contributed by atoms with van der Waals surface area (Å²) in [6.07, 6.45) is 0.877. The minimum absolute atomic E-state index is 0.0311. The van der Waals surface area contributed by atoms with Gasteiger partial charge in [0.05, 0.1) is 6.10 Å². The van der Waals surface area contributed by atoms with Crippen molar-refractivity contribution in [2.75, 3.05) is 18.0 Å². The van der Waals surface area contributed by atoms with Crippen molar-refractivity contribution in [3.63, 3.8) is 0 Å². The summed E-state index contributed by atoms with van der Waals surface area (Å²) in [6.45, 7) is 0.992. The van der Waals surface area contributed by atoms with E-state index >= 15 is 0 Å². The van der Waals surface area contributed by atoms with Crippen LogP contribution in [0.2, 0.25) is 0 Å². The molecular weight excluding hydrogens is 186 g/mol. The summed E-state index contributed by atoms with van der Waals surface area (Å²) in [5, 5.41) is 17.7. The molecule has 0 aromatic carbocycles. The highest BCUT2D eigenvalue weighted by Gasteiger charge is 2.26. The maximum absolute atomic E-state index is 10.6. The number of aliphatic hydroxyl groups is 1. The second-order valence-electron chi connectivity index (χ2n) is 3.13. The third kappa shape index (κ3) is 1.51. The van der Waals surface area contributed by atoms with Gasteiger partial charge in [0.2, 0.25) is 0 Å². The Kier molecular flexibility index (Phi) is 2.05. The van der Waals surface area contributed by atoms with Crippen molar-refractivity contribution in [1.82, 2.24) is 9.97 Å². The average Bonchev–Trinajstić information content (AvgIpc) is 2.13. The van der Waals surface area contributed by atoms with Gasteiger partial charge in [0.25, 0.3) is 0 Å². The maximum Gasteiger partial charge on any atom is 0.354 e. The van der Waals surface area contributed by atoms with E-state index in [1.165, 1.54) is 12.4 Å². The molecule has 0 amide bonds. The van der Waals surface area contributed by atoms with Crippen LogP contribution < -0.4 is 4.90 Å². The normalized spacial score (nSPS) is 16.5. The molecule has 2 heterocycles. The van der Waals surface area contributed by atoms with Crippen molar-refractivity contribution in [3.05, 3.63) is 18.1 Å². The van der Waals surface area contributed by atoms with Crippen LogP contribution in [0.1, 0.15) is 10.5 Å². The molecule has 2 N–H and O–H groups in total. The van der Waals surface area contributed by atoms with Gasteiger partial charge in [-0.25, -0.2) is 14.8 Å². The topological polar surface area (TPSA) is 86.5 Å². The van der Waals surface area contributed by atoms with Crippen LogP contribution in [0.3, 0.4) is 0 Å². The Morgan fingerprint density at radius 1 is 1.50 bits per heavy atom. The van der Waals surface area contributed by atoms with Crippen molar-refractivity contribution in [3.8, 4) is 0 Å². The summed E-state index contributed by atoms with van der Waals surface area (Å²) in [4.78, 5) is 19.9. The van der Waals surface area contributed by atoms with Crippen LogP contribution in [0.25, 0.3) is 0 Å². The zero-order valence-corrected chi connectivity index (χ0v) is 7.29. The predicted octanol–water partition coefficient (Wildman–Crippen LogP) is -0.644. The van der Waals surface area contributed by atoms with Crippen LogP contribution in [0.5, 0.6) is 0 Å². The fourth-order valence-electron chi connectivity index (χ4n) is 1.28. The molecule has 1 aliphatic heterocycles. The molecule has 0 unspecified atom stereocenters. The van der Waals surface area contributed by atoms with E-state index in [1.54, 1.807) is 4.90 Å². The number of carboxylic acid groups (broad SMARTS) is 1. The SMILES string of the molecule is O=C(O)c1cc(N2CC(O)C2)ncn1. The van der Waals surface area contributed by atoms with Gasteiger partial charge in [0, 0.05) is 19.2 Å². The molecule has 1 saturated heterocycles. The van der Waals surface area contributed by atoms with Gasteiger partial charge in [-0.2, -0.15) is 0 Å². The van der Waals surface area contributed by atoms with Crippen LogP contribution in [-0.2, 0) is 0 Å². The van der Waals surface area contributed by atoms with E-state index in [0.717, 1.165) is 0 Å². The Balaban J connectivity index is 2.18. The number of aromatic carboxylic acids is 1. The number of anilines is 1. The van der Waals surface area contributed by atoms with Crippen molar-refractivity contribution in [1.29, 1.82) is 0 Å². The van der Waals surface area contributed by atoms with Gasteiger partial charge >= 0.3 is 5.97 Å². The second kappa shape index (κ2) is 3.22. The van der Waals surface area contributed by atoms with Crippen LogP contribution in [0.4, 0.5) is 5.82 Å². The van der Waals surface area contributed by atoms with Crippen molar-refractivity contribution in [2.45, 2.75) is 6.10 Å². The molecule has 1 aliphatic rings. The fourth-order valence-corrected chi connectivity index (χ4v) is 1.28. The number of carboxylic acids is 1. The first kappa shape index (κ1) is 8.89. The molecule has 1 fully saturated rings. The van der Waals surface area contributed by atoms with Crippen LogP contribution in [-0.4, -0.2) is 45.3 Å². The van der Waals surface area contributed by atoms with E-state index in [4.69, 9.17) is 10.2 Å². The Bertz CT molecular complexity index is 363. The van der Waals surface area contributed by atoms with Crippen LogP contribution in [0.15, 0.2) is 12.4 Å². The lowest BCUT2D eigenvalue weighted by Gasteiger charge is -2.36. The Morgan fingerprint density at radius 2 is 2.21 bits per heavy atom. The first-order valence-electron chi connectivity index (χ1n) is 4.15. The van der Waals surface area contributed by atoms with Gasteiger partial charge in [0.1, 0.15) is 12.1 Å². The molecule has 1 aromatic rings. The maximum atomic E-state index is 10.6. The zero-order chi connectivity index (χ0) is 10.1. The number of carbonyl (C=O) groups is 1. The molecule has 14 heavy (non-hydrogen) atoms. The van der Waals surface area contributed by atoms with Gasteiger partial charge in [-0.05, 0) is 0 Å². The third-order valence-electron chi connectivity index (χ3n) is 2.06. The first-order valence-corrected chi connectivity index (χ1v) is 4.15. The summed E-state index contributed by atoms with van der Waals surface area (Å²) >= 11 is 0. The van der Waals surface area contributed by atoms with Crippen LogP contribution in [0, 0.1) is 0 Å². The van der Waals surface area contributed by atoms with Gasteiger partial charge in [0.15, 0.2) is 5.69 Å². The zero-order valence-electron chi connectivity index (χ0n) is 7.29. The number of hydrogen-bond donors (Lipinski definition) is 2. The van der Waals surface area contributed by atoms with Crippen molar-refractivity contribution >= 4 is 11.8 Å². The van der Waals surface area contributed by atoms with Gasteiger partial charge in [-0.3, -0.25) is 0 Å². The molecule has 74 valence electrons. The number of β-amino-alcohol motifs (C(OH)–C–C–N with tert-alkyl or cyclic N) is 1. The second-order valence-corrected chi connectivity index (χ2v) is 3.13. The predicted molar refractivity (Wildman–Crippen MR) is 47.2 cm³/mol. The van der Waals surface area contributed by atoms with Gasteiger partial charge in [-0.1, -0.05) is 0 Å². The third-order valence-corrected chi connectivity index (χ3v) is 2.06. The molecule has 0 bridgehead atoms. The molecule has 2 rings (SSSR count). The largest absolute Gasteiger partial charge is 0.477 e. The summed E-state index contributed by atoms with van der Waals surface area (Å²) in [7, 11) is 0. The molecule has 6 nitrogen and oxygen atoms in total. The molecule has 0 aliphatic carbocycles. The van der Waals surface area contributed by atoms with E-state index in [0.29, 0.717) is 18.9 Å². The van der Waals surface area contributed by atoms with E-state index in [-0.39, 0.29) is 11.8 Å². The Hall–Kier alpha value is -1.69. The fraction of sp³-hybridized carbons (Fsp3) is 0.375. The molecule has 0 radical (unpaired) electrons. The Morgan fingerprint density at radius 3 is 2.79 bits per heavy atom. The van der Waals surface area contributed by atoms with Gasteiger partial charge < -0.3 is 15.1 Å². The molecular formula is C8H9N3O3. The number of rotatable bonds is 2. The molecule has 0 spiro atoms. The number of hydrogen-bond acceptors (Lipinski definition) is 5. The lowest BCUT2D eigenvalue weighted by Crippen LogP contribution is -2.51. The highest BCUT2D eigenvalue weighted by Crippen LogP contribution is 2.17. The summed E-state index contributed by atoms with van der Waals surface area (Å²) in [5.41, 5.74) is -0.0311. The Labute approximate surface area is 79.8 Å². The average molecular weight is 195 g/mol. The standard InChI is InChI=1S/C8H9N3O3/c12-5-2-11(3-5)7-1-6(8(13)14)9-4-10-7/h1,4-5,12H,2-3H2,(H,13,14). The molecule has 0 saturated carbocycles. The minimum atomic E-state index is -1.07. The molecule has 0 atom stereocenters. The quantitative estimate of drug-likeness (QED) is 0.652. The van der Waals surface area contributed by atoms with E-state index < -0.39 is 5.97 Å². The summed E-state index contributed by atoms with van der Waals surface area (Å²) in [5.74, 6) is -0.530. The number of aliphatic hydroxyl groups excluding tert-OH is 1. The summed E-state index contributed by atoms with van der Waals surface area (Å²) < 4.78 is 0. The summed E-state index contributed by atoms with van der Waals surface area (Å²) in [6, 6.07) is 1.40. The molecule has 1 aromatic heterocycles. The highest BCUT2D eigenvalue weighted by atomic mass is 16.4. The van der Waals surface area contributed by atoms with Crippen LogP contribution >= 0.6 is 0 Å². The van der Waals surface area contributed by atoms with E-state index in [9.17, 15) is 4.79 Å². The molecule has 6 heteroatoms. The minimum Gasteiger partial charge on any atom is -0.477 e. The smallest absolute Gasteiger partial charge is 0.354 e.